The zero-order valence-electron chi connectivity index (χ0n) is 19.8. The molecule has 0 bridgehead atoms. The average molecular weight is 524 g/mol. The van der Waals surface area contributed by atoms with Gasteiger partial charge in [0, 0.05) is 28.6 Å². The van der Waals surface area contributed by atoms with Crippen molar-refractivity contribution in [3.63, 3.8) is 0 Å². The van der Waals surface area contributed by atoms with Crippen LogP contribution in [0.2, 0.25) is 0 Å². The van der Waals surface area contributed by atoms with E-state index in [1.807, 2.05) is 5.32 Å². The number of aromatic nitrogens is 1. The van der Waals surface area contributed by atoms with Crippen molar-refractivity contribution in [2.45, 2.75) is 33.1 Å². The van der Waals surface area contributed by atoms with Crippen LogP contribution >= 0.6 is 0 Å². The minimum absolute atomic E-state index is 0.0261. The number of amides is 3. The molecule has 0 saturated heterocycles. The molecule has 0 spiro atoms. The number of rotatable bonds is 4. The van der Waals surface area contributed by atoms with E-state index in [1.165, 1.54) is 12.1 Å². The van der Waals surface area contributed by atoms with Gasteiger partial charge in [0.2, 0.25) is 5.91 Å². The molecule has 3 rings (SSSR count). The summed E-state index contributed by atoms with van der Waals surface area (Å²) in [4.78, 5) is 28.5. The molecule has 12 heteroatoms. The second-order valence-corrected chi connectivity index (χ2v) is 9.09. The van der Waals surface area contributed by atoms with Crippen molar-refractivity contribution in [1.29, 1.82) is 0 Å². The van der Waals surface area contributed by atoms with Gasteiger partial charge in [0.25, 0.3) is 0 Å². The zero-order chi connectivity index (χ0) is 27.6. The first kappa shape index (κ1) is 27.5. The van der Waals surface area contributed by atoms with E-state index in [-0.39, 0.29) is 17.7 Å². The molecule has 37 heavy (non-hydrogen) atoms. The summed E-state index contributed by atoms with van der Waals surface area (Å²) in [5.41, 5.74) is -2.68. The first-order valence-corrected chi connectivity index (χ1v) is 10.8. The van der Waals surface area contributed by atoms with E-state index in [4.69, 9.17) is 0 Å². The van der Waals surface area contributed by atoms with Gasteiger partial charge in [0.15, 0.2) is 0 Å². The number of nitrogens with one attached hydrogen (secondary N) is 3. The molecule has 196 valence electrons. The van der Waals surface area contributed by atoms with Crippen LogP contribution in [0.5, 0.6) is 0 Å². The lowest BCUT2D eigenvalue weighted by molar-refractivity contribution is -0.143. The fourth-order valence-corrected chi connectivity index (χ4v) is 3.01. The SMILES string of the molecule is CC(C)(C)C(=O)Nc1ccc(-c2ccc(NC(=O)Nc3cc(C(F)(F)F)cc(C(F)(F)F)c3)cc2)cn1. The normalized spacial score (nSPS) is 12.1. The number of nitrogens with zero attached hydrogens (tertiary/aromatic N) is 1. The molecular weight excluding hydrogens is 502 g/mol. The number of urea groups is 1. The van der Waals surface area contributed by atoms with E-state index in [9.17, 15) is 35.9 Å². The van der Waals surface area contributed by atoms with E-state index in [1.54, 1.807) is 51.2 Å². The number of hydrogen-bond acceptors (Lipinski definition) is 3. The van der Waals surface area contributed by atoms with E-state index < -0.39 is 40.6 Å². The smallest absolute Gasteiger partial charge is 0.310 e. The number of alkyl halides is 6. The summed E-state index contributed by atoms with van der Waals surface area (Å²) >= 11 is 0. The summed E-state index contributed by atoms with van der Waals surface area (Å²) in [6, 6.07) is 9.39. The highest BCUT2D eigenvalue weighted by Crippen LogP contribution is 2.37. The number of pyridine rings is 1. The Bertz CT molecular complexity index is 1250. The predicted octanol–water partition coefficient (Wildman–Crippen LogP) is 7.41. The monoisotopic (exact) mass is 524 g/mol. The number of benzene rings is 2. The summed E-state index contributed by atoms with van der Waals surface area (Å²) in [6.45, 7) is 5.31. The van der Waals surface area contributed by atoms with E-state index >= 15 is 0 Å². The molecule has 2 aromatic carbocycles. The maximum absolute atomic E-state index is 13.0. The van der Waals surface area contributed by atoms with Crippen LogP contribution in [0.15, 0.2) is 60.8 Å². The predicted molar refractivity (Wildman–Crippen MR) is 127 cm³/mol. The maximum Gasteiger partial charge on any atom is 0.416 e. The molecule has 0 radical (unpaired) electrons. The lowest BCUT2D eigenvalue weighted by atomic mass is 9.96. The summed E-state index contributed by atoms with van der Waals surface area (Å²) < 4.78 is 78.0. The minimum Gasteiger partial charge on any atom is -0.310 e. The highest BCUT2D eigenvalue weighted by Gasteiger charge is 2.37. The van der Waals surface area contributed by atoms with Crippen molar-refractivity contribution < 1.29 is 35.9 Å². The largest absolute Gasteiger partial charge is 0.416 e. The van der Waals surface area contributed by atoms with Gasteiger partial charge in [0.1, 0.15) is 5.82 Å². The van der Waals surface area contributed by atoms with Crippen molar-refractivity contribution >= 4 is 29.1 Å². The van der Waals surface area contributed by atoms with Crippen molar-refractivity contribution in [3.05, 3.63) is 71.9 Å². The summed E-state index contributed by atoms with van der Waals surface area (Å²) in [5, 5.41) is 7.06. The third-order valence-corrected chi connectivity index (χ3v) is 5.01. The summed E-state index contributed by atoms with van der Waals surface area (Å²) in [7, 11) is 0. The molecule has 0 aliphatic heterocycles. The molecule has 0 aliphatic carbocycles. The fraction of sp³-hybridized carbons (Fsp3) is 0.240. The standard InChI is InChI=1S/C25H22F6N4O2/c1-23(2,3)21(36)35-20-9-6-15(13-32-20)14-4-7-18(8-5-14)33-22(37)34-19-11-16(24(26,27)28)10-17(12-19)25(29,30)31/h4-13H,1-3H3,(H,32,35,36)(H2,33,34,37). The Hall–Kier alpha value is -4.09. The van der Waals surface area contributed by atoms with Gasteiger partial charge in [-0.15, -0.1) is 0 Å². The molecule has 1 aromatic heterocycles. The molecule has 0 atom stereocenters. The van der Waals surface area contributed by atoms with Gasteiger partial charge in [-0.3, -0.25) is 4.79 Å². The molecular formula is C25H22F6N4O2. The molecule has 3 N–H and O–H groups in total. The first-order chi connectivity index (χ1) is 17.0. The van der Waals surface area contributed by atoms with Crippen LogP contribution in [-0.2, 0) is 17.1 Å². The highest BCUT2D eigenvalue weighted by molar-refractivity contribution is 6.00. The number of carbonyl (C=O) groups is 2. The van der Waals surface area contributed by atoms with Gasteiger partial charge >= 0.3 is 18.4 Å². The Kier molecular flexibility index (Phi) is 7.51. The molecule has 6 nitrogen and oxygen atoms in total. The Morgan fingerprint density at radius 1 is 0.676 bits per heavy atom. The molecule has 0 saturated carbocycles. The summed E-state index contributed by atoms with van der Waals surface area (Å²) in [6.07, 6.45) is -8.52. The van der Waals surface area contributed by atoms with E-state index in [2.05, 4.69) is 15.6 Å². The quantitative estimate of drug-likeness (QED) is 0.311. The molecule has 0 unspecified atom stereocenters. The second-order valence-electron chi connectivity index (χ2n) is 9.09. The van der Waals surface area contributed by atoms with Crippen LogP contribution in [0.3, 0.4) is 0 Å². The second kappa shape index (κ2) is 10.1. The Morgan fingerprint density at radius 2 is 1.19 bits per heavy atom. The molecule has 3 amide bonds. The topological polar surface area (TPSA) is 83.1 Å². The number of hydrogen-bond donors (Lipinski definition) is 3. The van der Waals surface area contributed by atoms with Crippen LogP contribution < -0.4 is 16.0 Å². The van der Waals surface area contributed by atoms with Gasteiger partial charge in [-0.25, -0.2) is 9.78 Å². The molecule has 0 fully saturated rings. The van der Waals surface area contributed by atoms with Gasteiger partial charge < -0.3 is 16.0 Å². The van der Waals surface area contributed by atoms with Crippen LogP contribution in [-0.4, -0.2) is 16.9 Å². The minimum atomic E-state index is -5.03. The Balaban J connectivity index is 1.68. The number of halogens is 6. The third-order valence-electron chi connectivity index (χ3n) is 5.01. The van der Waals surface area contributed by atoms with E-state index in [0.717, 1.165) is 0 Å². The number of anilines is 3. The zero-order valence-corrected chi connectivity index (χ0v) is 19.8. The van der Waals surface area contributed by atoms with Crippen molar-refractivity contribution in [1.82, 2.24) is 4.98 Å². The first-order valence-electron chi connectivity index (χ1n) is 10.8. The van der Waals surface area contributed by atoms with Gasteiger partial charge in [0.05, 0.1) is 11.1 Å². The summed E-state index contributed by atoms with van der Waals surface area (Å²) in [5.74, 6) is 0.183. The van der Waals surface area contributed by atoms with Crippen molar-refractivity contribution in [3.8, 4) is 11.1 Å². The third kappa shape index (κ3) is 7.45. The van der Waals surface area contributed by atoms with Crippen LogP contribution in [0.1, 0.15) is 31.9 Å². The van der Waals surface area contributed by atoms with Crippen LogP contribution in [0, 0.1) is 5.41 Å². The Morgan fingerprint density at radius 3 is 1.65 bits per heavy atom. The van der Waals surface area contributed by atoms with Crippen molar-refractivity contribution in [2.24, 2.45) is 5.41 Å². The molecule has 0 aliphatic rings. The number of carbonyl (C=O) groups excluding carboxylic acids is 2. The van der Waals surface area contributed by atoms with Gasteiger partial charge in [-0.2, -0.15) is 26.3 Å². The highest BCUT2D eigenvalue weighted by atomic mass is 19.4. The maximum atomic E-state index is 13.0. The van der Waals surface area contributed by atoms with Gasteiger partial charge in [-0.1, -0.05) is 32.9 Å². The average Bonchev–Trinajstić information content (AvgIpc) is 2.78. The van der Waals surface area contributed by atoms with Crippen molar-refractivity contribution in [2.75, 3.05) is 16.0 Å². The van der Waals surface area contributed by atoms with Gasteiger partial charge in [-0.05, 0) is 48.0 Å². The molecule has 1 heterocycles. The molecule has 3 aromatic rings. The van der Waals surface area contributed by atoms with E-state index in [0.29, 0.717) is 29.1 Å². The Labute approximate surface area is 208 Å². The lowest BCUT2D eigenvalue weighted by Crippen LogP contribution is -2.27. The fourth-order valence-electron chi connectivity index (χ4n) is 3.01. The van der Waals surface area contributed by atoms with Crippen LogP contribution in [0.4, 0.5) is 48.3 Å². The lowest BCUT2D eigenvalue weighted by Gasteiger charge is -2.17. The van der Waals surface area contributed by atoms with Crippen LogP contribution in [0.25, 0.3) is 11.1 Å².